The number of carboxylic acid groups (broad SMARTS) is 1. The van der Waals surface area contributed by atoms with E-state index < -0.39 is 23.7 Å². The fraction of sp³-hybridized carbons (Fsp3) is 0.609. The Kier molecular flexibility index (Phi) is 10.4. The highest BCUT2D eigenvalue weighted by Gasteiger charge is 2.34. The molecular formula is C23H35N3O7. The smallest absolute Gasteiger partial charge is 0.410 e. The van der Waals surface area contributed by atoms with Crippen LogP contribution in [-0.2, 0) is 25.6 Å². The molecule has 0 bridgehead atoms. The maximum Gasteiger partial charge on any atom is 0.410 e. The van der Waals surface area contributed by atoms with Gasteiger partial charge in [-0.2, -0.15) is 0 Å². The Labute approximate surface area is 194 Å². The van der Waals surface area contributed by atoms with Crippen molar-refractivity contribution < 1.29 is 33.7 Å². The molecule has 0 saturated carbocycles. The number of carbonyl (C=O) groups is 3. The standard InChI is InChI=1S/C23H35N3O7/c1-23(2,3)33-22(30)26-14-18(15-26)31-13-7-11-24-12-10-19(20(27)28)25-21(29)32-16-17-8-5-4-6-9-17/h4-6,8-9,18-19,24H,7,10-16H2,1-3H3,(H,25,29)(H,27,28). The number of amides is 2. The number of carboxylic acids is 1. The molecular weight excluding hydrogens is 430 g/mol. The largest absolute Gasteiger partial charge is 0.480 e. The van der Waals surface area contributed by atoms with Gasteiger partial charge in [0.1, 0.15) is 18.2 Å². The minimum atomic E-state index is -1.11. The number of carbonyl (C=O) groups excluding carboxylic acids is 2. The molecule has 1 atom stereocenters. The van der Waals surface area contributed by atoms with Gasteiger partial charge in [-0.25, -0.2) is 14.4 Å². The summed E-state index contributed by atoms with van der Waals surface area (Å²) in [5, 5.41) is 14.8. The van der Waals surface area contributed by atoms with Crippen molar-refractivity contribution in [3.8, 4) is 0 Å². The molecule has 1 saturated heterocycles. The first-order chi connectivity index (χ1) is 15.6. The van der Waals surface area contributed by atoms with E-state index in [2.05, 4.69) is 10.6 Å². The Morgan fingerprint density at radius 1 is 1.15 bits per heavy atom. The van der Waals surface area contributed by atoms with Crippen LogP contribution in [0.3, 0.4) is 0 Å². The van der Waals surface area contributed by atoms with Crippen LogP contribution in [-0.4, -0.2) is 78.7 Å². The first kappa shape index (κ1) is 26.4. The van der Waals surface area contributed by atoms with Gasteiger partial charge in [0, 0.05) is 6.61 Å². The molecule has 3 N–H and O–H groups in total. The van der Waals surface area contributed by atoms with E-state index in [0.29, 0.717) is 32.8 Å². The Bertz CT molecular complexity index is 761. The molecule has 1 aromatic carbocycles. The zero-order valence-corrected chi connectivity index (χ0v) is 19.5. The lowest BCUT2D eigenvalue weighted by atomic mass is 10.1. The van der Waals surface area contributed by atoms with Crippen LogP contribution in [0.1, 0.15) is 39.2 Å². The monoisotopic (exact) mass is 465 g/mol. The van der Waals surface area contributed by atoms with E-state index in [0.717, 1.165) is 12.0 Å². The van der Waals surface area contributed by atoms with Crippen LogP contribution in [0, 0.1) is 0 Å². The van der Waals surface area contributed by atoms with E-state index in [1.54, 1.807) is 4.90 Å². The first-order valence-electron chi connectivity index (χ1n) is 11.1. The molecule has 0 spiro atoms. The van der Waals surface area contributed by atoms with Crippen LogP contribution in [0.2, 0.25) is 0 Å². The molecule has 10 heteroatoms. The van der Waals surface area contributed by atoms with Gasteiger partial charge in [-0.1, -0.05) is 30.3 Å². The van der Waals surface area contributed by atoms with E-state index in [1.165, 1.54) is 0 Å². The average Bonchev–Trinajstić information content (AvgIpc) is 2.71. The number of alkyl carbamates (subject to hydrolysis) is 1. The number of rotatable bonds is 12. The lowest BCUT2D eigenvalue weighted by molar-refractivity contribution is -0.139. The Balaban J connectivity index is 1.50. The minimum absolute atomic E-state index is 0.0139. The van der Waals surface area contributed by atoms with Gasteiger partial charge in [-0.3, -0.25) is 0 Å². The lowest BCUT2D eigenvalue weighted by Gasteiger charge is -2.39. The quantitative estimate of drug-likeness (QED) is 0.402. The molecule has 1 unspecified atom stereocenters. The molecule has 184 valence electrons. The fourth-order valence-electron chi connectivity index (χ4n) is 3.00. The first-order valence-corrected chi connectivity index (χ1v) is 11.1. The Morgan fingerprint density at radius 3 is 2.48 bits per heavy atom. The van der Waals surface area contributed by atoms with Crippen molar-refractivity contribution in [3.63, 3.8) is 0 Å². The topological polar surface area (TPSA) is 126 Å². The lowest BCUT2D eigenvalue weighted by Crippen LogP contribution is -2.56. The molecule has 1 aromatic rings. The zero-order chi connectivity index (χ0) is 24.3. The summed E-state index contributed by atoms with van der Waals surface area (Å²) in [6.45, 7) is 8.22. The van der Waals surface area contributed by atoms with Crippen LogP contribution >= 0.6 is 0 Å². The number of nitrogens with zero attached hydrogens (tertiary/aromatic N) is 1. The van der Waals surface area contributed by atoms with Gasteiger partial charge >= 0.3 is 18.2 Å². The maximum atomic E-state index is 11.9. The predicted octanol–water partition coefficient (Wildman–Crippen LogP) is 2.37. The van der Waals surface area contributed by atoms with Crippen molar-refractivity contribution in [1.82, 2.24) is 15.5 Å². The molecule has 0 radical (unpaired) electrons. The number of likely N-dealkylation sites (tertiary alicyclic amines) is 1. The molecule has 1 heterocycles. The summed E-state index contributed by atoms with van der Waals surface area (Å²) >= 11 is 0. The number of nitrogens with one attached hydrogen (secondary N) is 2. The fourth-order valence-corrected chi connectivity index (χ4v) is 3.00. The second-order valence-electron chi connectivity index (χ2n) is 8.87. The highest BCUT2D eigenvalue weighted by Crippen LogP contribution is 2.17. The predicted molar refractivity (Wildman–Crippen MR) is 121 cm³/mol. The summed E-state index contributed by atoms with van der Waals surface area (Å²) in [5.74, 6) is -1.11. The highest BCUT2D eigenvalue weighted by molar-refractivity contribution is 5.79. The van der Waals surface area contributed by atoms with Gasteiger partial charge < -0.3 is 34.9 Å². The molecule has 2 rings (SSSR count). The summed E-state index contributed by atoms with van der Waals surface area (Å²) in [6, 6.07) is 8.12. The molecule has 10 nitrogen and oxygen atoms in total. The van der Waals surface area contributed by atoms with Gasteiger partial charge in [0.15, 0.2) is 0 Å². The second kappa shape index (κ2) is 13.0. The van der Waals surface area contributed by atoms with Crippen LogP contribution in [0.15, 0.2) is 30.3 Å². The van der Waals surface area contributed by atoms with Crippen molar-refractivity contribution in [2.75, 3.05) is 32.8 Å². The highest BCUT2D eigenvalue weighted by atomic mass is 16.6. The van der Waals surface area contributed by atoms with Crippen LogP contribution in [0.25, 0.3) is 0 Å². The van der Waals surface area contributed by atoms with Crippen molar-refractivity contribution in [1.29, 1.82) is 0 Å². The molecule has 2 amide bonds. The van der Waals surface area contributed by atoms with Crippen LogP contribution in [0.4, 0.5) is 9.59 Å². The van der Waals surface area contributed by atoms with Crippen molar-refractivity contribution >= 4 is 18.2 Å². The van der Waals surface area contributed by atoms with Crippen molar-refractivity contribution in [3.05, 3.63) is 35.9 Å². The molecule has 33 heavy (non-hydrogen) atoms. The second-order valence-corrected chi connectivity index (χ2v) is 8.87. The van der Waals surface area contributed by atoms with E-state index in [4.69, 9.17) is 14.2 Å². The number of ether oxygens (including phenoxy) is 3. The number of hydrogen-bond donors (Lipinski definition) is 3. The summed E-state index contributed by atoms with van der Waals surface area (Å²) in [6.07, 6.45) is -0.104. The molecule has 0 aliphatic carbocycles. The van der Waals surface area contributed by atoms with Crippen LogP contribution in [0.5, 0.6) is 0 Å². The molecule has 1 aliphatic heterocycles. The molecule has 1 aliphatic rings. The van der Waals surface area contributed by atoms with E-state index in [-0.39, 0.29) is 25.2 Å². The van der Waals surface area contributed by atoms with Crippen molar-refractivity contribution in [2.45, 2.75) is 58.0 Å². The van der Waals surface area contributed by atoms with Gasteiger partial charge in [-0.05, 0) is 52.3 Å². The number of benzene rings is 1. The van der Waals surface area contributed by atoms with E-state index in [9.17, 15) is 19.5 Å². The third-order valence-electron chi connectivity index (χ3n) is 4.76. The van der Waals surface area contributed by atoms with Crippen molar-refractivity contribution in [2.24, 2.45) is 0 Å². The summed E-state index contributed by atoms with van der Waals surface area (Å²) in [4.78, 5) is 36.7. The molecule has 0 aromatic heterocycles. The van der Waals surface area contributed by atoms with E-state index in [1.807, 2.05) is 51.1 Å². The minimum Gasteiger partial charge on any atom is -0.480 e. The summed E-state index contributed by atoms with van der Waals surface area (Å²) in [5.41, 5.74) is 0.314. The Morgan fingerprint density at radius 2 is 1.85 bits per heavy atom. The van der Waals surface area contributed by atoms with E-state index >= 15 is 0 Å². The maximum absolute atomic E-state index is 11.9. The van der Waals surface area contributed by atoms with Gasteiger partial charge in [-0.15, -0.1) is 0 Å². The average molecular weight is 466 g/mol. The summed E-state index contributed by atoms with van der Waals surface area (Å²) in [7, 11) is 0. The van der Waals surface area contributed by atoms with Gasteiger partial charge in [0.25, 0.3) is 0 Å². The van der Waals surface area contributed by atoms with Gasteiger partial charge in [0.2, 0.25) is 0 Å². The SMILES string of the molecule is CC(C)(C)OC(=O)N1CC(OCCCNCCC(NC(=O)OCc2ccccc2)C(=O)O)C1. The van der Waals surface area contributed by atoms with Crippen LogP contribution < -0.4 is 10.6 Å². The van der Waals surface area contributed by atoms with Gasteiger partial charge in [0.05, 0.1) is 19.2 Å². The summed E-state index contributed by atoms with van der Waals surface area (Å²) < 4.78 is 16.1. The molecule has 1 fully saturated rings. The normalized spacial score (nSPS) is 14.8. The Hall–Kier alpha value is -2.85. The number of aliphatic carboxylic acids is 1. The third-order valence-corrected chi connectivity index (χ3v) is 4.76. The number of hydrogen-bond acceptors (Lipinski definition) is 7. The third kappa shape index (κ3) is 10.5. The zero-order valence-electron chi connectivity index (χ0n) is 19.5.